The van der Waals surface area contributed by atoms with Crippen molar-refractivity contribution >= 4 is 23.3 Å². The number of esters is 1. The van der Waals surface area contributed by atoms with Gasteiger partial charge >= 0.3 is 5.97 Å². The number of rotatable bonds is 5. The molecule has 0 N–H and O–H groups in total. The summed E-state index contributed by atoms with van der Waals surface area (Å²) in [5, 5.41) is 0. The number of hydrogen-bond donors (Lipinski definition) is 0. The largest absolute Gasteiger partial charge is 0.497 e. The molecule has 0 bridgehead atoms. The fourth-order valence-corrected chi connectivity index (χ4v) is 5.93. The van der Waals surface area contributed by atoms with Gasteiger partial charge in [0, 0.05) is 50.2 Å². The van der Waals surface area contributed by atoms with Gasteiger partial charge in [0.2, 0.25) is 5.91 Å². The van der Waals surface area contributed by atoms with Crippen LogP contribution in [0.3, 0.4) is 0 Å². The highest BCUT2D eigenvalue weighted by Gasteiger charge is 2.44. The van der Waals surface area contributed by atoms with Gasteiger partial charge in [-0.25, -0.2) is 0 Å². The van der Waals surface area contributed by atoms with Gasteiger partial charge in [0.05, 0.1) is 31.6 Å². The van der Waals surface area contributed by atoms with Crippen LogP contribution in [0.5, 0.6) is 5.75 Å². The molecule has 2 fully saturated rings. The van der Waals surface area contributed by atoms with E-state index in [0.717, 1.165) is 38.2 Å². The summed E-state index contributed by atoms with van der Waals surface area (Å²) in [6.45, 7) is 5.88. The Morgan fingerprint density at radius 3 is 2.63 bits per heavy atom. The van der Waals surface area contributed by atoms with E-state index in [9.17, 15) is 9.59 Å². The Kier molecular flexibility index (Phi) is 6.84. The molecule has 0 radical (unpaired) electrons. The van der Waals surface area contributed by atoms with Gasteiger partial charge in [-0.05, 0) is 49.9 Å². The molecule has 0 spiro atoms. The molecule has 3 aliphatic rings. The maximum atomic E-state index is 14.0. The molecule has 0 aromatic heterocycles. The van der Waals surface area contributed by atoms with Crippen molar-refractivity contribution < 1.29 is 19.1 Å². The number of para-hydroxylation sites is 1. The first kappa shape index (κ1) is 23.5. The van der Waals surface area contributed by atoms with Crippen molar-refractivity contribution in [1.82, 2.24) is 4.90 Å². The number of amides is 1. The molecule has 1 amide bonds. The highest BCUT2D eigenvalue weighted by molar-refractivity contribution is 5.84. The second kappa shape index (κ2) is 10.2. The van der Waals surface area contributed by atoms with Gasteiger partial charge in [0.25, 0.3) is 0 Å². The number of ether oxygens (including phenoxy) is 2. The number of likely N-dealkylation sites (tertiary alicyclic amines) is 1. The van der Waals surface area contributed by atoms with Crippen molar-refractivity contribution in [3.8, 4) is 5.75 Å². The monoisotopic (exact) mass is 477 g/mol. The summed E-state index contributed by atoms with van der Waals surface area (Å²) >= 11 is 0. The lowest BCUT2D eigenvalue weighted by Crippen LogP contribution is -2.62. The third-order valence-corrected chi connectivity index (χ3v) is 7.72. The first-order valence-corrected chi connectivity index (χ1v) is 12.8. The Bertz CT molecular complexity index is 1060. The van der Waals surface area contributed by atoms with E-state index in [4.69, 9.17) is 9.47 Å². The molecule has 0 aliphatic carbocycles. The SMILES string of the molecule is CCOC(=O)C1CCCN(C(=O)C2Cc3ccc(OC)cc3N3CCN(c4ccccc4)CC23)C1. The van der Waals surface area contributed by atoms with E-state index in [1.807, 2.05) is 24.0 Å². The van der Waals surface area contributed by atoms with Crippen molar-refractivity contribution in [1.29, 1.82) is 0 Å². The number of fused-ring (bicyclic) bond motifs is 3. The summed E-state index contributed by atoms with van der Waals surface area (Å²) < 4.78 is 10.8. The molecule has 5 rings (SSSR count). The van der Waals surface area contributed by atoms with Gasteiger partial charge in [-0.1, -0.05) is 24.3 Å². The molecule has 7 heteroatoms. The minimum atomic E-state index is -0.226. The van der Waals surface area contributed by atoms with Gasteiger partial charge in [0.15, 0.2) is 0 Å². The van der Waals surface area contributed by atoms with Gasteiger partial charge in [-0.2, -0.15) is 0 Å². The van der Waals surface area contributed by atoms with Crippen molar-refractivity contribution in [2.45, 2.75) is 32.2 Å². The first-order chi connectivity index (χ1) is 17.1. The lowest BCUT2D eigenvalue weighted by molar-refractivity contribution is -0.152. The Labute approximate surface area is 207 Å². The fraction of sp³-hybridized carbons (Fsp3) is 0.500. The molecule has 3 unspecified atom stereocenters. The molecule has 2 aromatic rings. The summed E-state index contributed by atoms with van der Waals surface area (Å²) in [6, 6.07) is 16.7. The van der Waals surface area contributed by atoms with Crippen LogP contribution >= 0.6 is 0 Å². The molecule has 7 nitrogen and oxygen atoms in total. The lowest BCUT2D eigenvalue weighted by Gasteiger charge is -2.50. The predicted octanol–water partition coefficient (Wildman–Crippen LogP) is 3.36. The predicted molar refractivity (Wildman–Crippen MR) is 136 cm³/mol. The topological polar surface area (TPSA) is 62.3 Å². The third-order valence-electron chi connectivity index (χ3n) is 7.72. The van der Waals surface area contributed by atoms with Crippen molar-refractivity contribution in [3.05, 3.63) is 54.1 Å². The number of piperidine rings is 1. The molecule has 35 heavy (non-hydrogen) atoms. The number of hydrogen-bond acceptors (Lipinski definition) is 6. The van der Waals surface area contributed by atoms with Gasteiger partial charge in [0.1, 0.15) is 5.75 Å². The average Bonchev–Trinajstić information content (AvgIpc) is 2.92. The molecule has 2 aromatic carbocycles. The zero-order chi connectivity index (χ0) is 24.4. The summed E-state index contributed by atoms with van der Waals surface area (Å²) in [6.07, 6.45) is 2.32. The molecule has 3 heterocycles. The molecule has 3 aliphatic heterocycles. The second-order valence-electron chi connectivity index (χ2n) is 9.72. The lowest BCUT2D eigenvalue weighted by atomic mass is 9.82. The zero-order valence-corrected chi connectivity index (χ0v) is 20.7. The molecule has 186 valence electrons. The number of benzene rings is 2. The number of anilines is 2. The van der Waals surface area contributed by atoms with Crippen LogP contribution < -0.4 is 14.5 Å². The van der Waals surface area contributed by atoms with Crippen LogP contribution in [0.1, 0.15) is 25.3 Å². The number of nitrogens with zero attached hydrogens (tertiary/aromatic N) is 3. The highest BCUT2D eigenvalue weighted by Crippen LogP contribution is 2.39. The number of piperazine rings is 1. The Balaban J connectivity index is 1.43. The highest BCUT2D eigenvalue weighted by atomic mass is 16.5. The van der Waals surface area contributed by atoms with E-state index >= 15 is 0 Å². The second-order valence-corrected chi connectivity index (χ2v) is 9.72. The van der Waals surface area contributed by atoms with Crippen LogP contribution in [-0.2, 0) is 20.7 Å². The molecule has 3 atom stereocenters. The summed E-state index contributed by atoms with van der Waals surface area (Å²) in [5.41, 5.74) is 3.55. The van der Waals surface area contributed by atoms with E-state index in [1.54, 1.807) is 7.11 Å². The Morgan fingerprint density at radius 1 is 1.03 bits per heavy atom. The van der Waals surface area contributed by atoms with Crippen LogP contribution in [0.25, 0.3) is 0 Å². The summed E-state index contributed by atoms with van der Waals surface area (Å²) in [4.78, 5) is 33.1. The maximum Gasteiger partial charge on any atom is 0.310 e. The molecular formula is C28H35N3O4. The third kappa shape index (κ3) is 4.68. The van der Waals surface area contributed by atoms with E-state index in [1.165, 1.54) is 16.9 Å². The van der Waals surface area contributed by atoms with E-state index in [2.05, 4.69) is 46.2 Å². The van der Waals surface area contributed by atoms with Gasteiger partial charge < -0.3 is 24.2 Å². The normalized spacial score (nSPS) is 23.8. The van der Waals surface area contributed by atoms with Crippen LogP contribution in [0, 0.1) is 11.8 Å². The quantitative estimate of drug-likeness (QED) is 0.616. The first-order valence-electron chi connectivity index (χ1n) is 12.8. The standard InChI is InChI=1S/C28H35N3O4/c1-3-35-28(33)21-8-7-13-30(18-21)27(32)24-16-20-11-12-23(34-2)17-25(20)31-15-14-29(19-26(24)31)22-9-5-4-6-10-22/h4-6,9-12,17,21,24,26H,3,7-8,13-16,18-19H2,1-2H3. The van der Waals surface area contributed by atoms with E-state index in [0.29, 0.717) is 26.1 Å². The molecule has 0 saturated carbocycles. The van der Waals surface area contributed by atoms with Crippen molar-refractivity contribution in [2.75, 3.05) is 56.2 Å². The smallest absolute Gasteiger partial charge is 0.310 e. The Morgan fingerprint density at radius 2 is 1.86 bits per heavy atom. The number of carbonyl (C=O) groups excluding carboxylic acids is 2. The minimum Gasteiger partial charge on any atom is -0.497 e. The molecule has 2 saturated heterocycles. The van der Waals surface area contributed by atoms with Crippen LogP contribution in [0.2, 0.25) is 0 Å². The number of carbonyl (C=O) groups is 2. The fourth-order valence-electron chi connectivity index (χ4n) is 5.93. The van der Waals surface area contributed by atoms with Crippen LogP contribution in [0.4, 0.5) is 11.4 Å². The van der Waals surface area contributed by atoms with Gasteiger partial charge in [-0.3, -0.25) is 9.59 Å². The van der Waals surface area contributed by atoms with E-state index < -0.39 is 0 Å². The van der Waals surface area contributed by atoms with Crippen LogP contribution in [-0.4, -0.2) is 69.3 Å². The minimum absolute atomic E-state index is 0.0547. The maximum absolute atomic E-state index is 14.0. The van der Waals surface area contributed by atoms with E-state index in [-0.39, 0.29) is 29.8 Å². The van der Waals surface area contributed by atoms with Gasteiger partial charge in [-0.15, -0.1) is 0 Å². The summed E-state index contributed by atoms with van der Waals surface area (Å²) in [5.74, 6) is 0.427. The summed E-state index contributed by atoms with van der Waals surface area (Å²) in [7, 11) is 1.69. The van der Waals surface area contributed by atoms with Crippen LogP contribution in [0.15, 0.2) is 48.5 Å². The Hall–Kier alpha value is -3.22. The zero-order valence-electron chi connectivity index (χ0n) is 20.7. The molecular weight excluding hydrogens is 442 g/mol. The van der Waals surface area contributed by atoms with Crippen molar-refractivity contribution in [2.24, 2.45) is 11.8 Å². The average molecular weight is 478 g/mol. The van der Waals surface area contributed by atoms with Crippen molar-refractivity contribution in [3.63, 3.8) is 0 Å². The number of methoxy groups -OCH3 is 1.